The van der Waals surface area contributed by atoms with Crippen molar-refractivity contribution in [1.29, 1.82) is 0 Å². The Bertz CT molecular complexity index is 886. The van der Waals surface area contributed by atoms with Crippen molar-refractivity contribution >= 4 is 5.91 Å². The van der Waals surface area contributed by atoms with Crippen LogP contribution in [0.3, 0.4) is 0 Å². The van der Waals surface area contributed by atoms with Gasteiger partial charge in [0.05, 0.1) is 11.3 Å². The van der Waals surface area contributed by atoms with Crippen LogP contribution in [0.4, 0.5) is 0 Å². The molecule has 1 N–H and O–H groups in total. The molecule has 3 aromatic rings. The second-order valence-corrected chi connectivity index (χ2v) is 5.82. The first-order chi connectivity index (χ1) is 12.6. The summed E-state index contributed by atoms with van der Waals surface area (Å²) in [7, 11) is 1.71. The molecule has 0 aliphatic carbocycles. The molecule has 0 aliphatic heterocycles. The molecule has 0 fully saturated rings. The van der Waals surface area contributed by atoms with Gasteiger partial charge >= 0.3 is 0 Å². The van der Waals surface area contributed by atoms with E-state index in [-0.39, 0.29) is 12.5 Å². The van der Waals surface area contributed by atoms with Crippen LogP contribution in [0.5, 0.6) is 5.88 Å². The van der Waals surface area contributed by atoms with Crippen LogP contribution in [0.2, 0.25) is 0 Å². The van der Waals surface area contributed by atoms with E-state index < -0.39 is 0 Å². The molecule has 0 saturated heterocycles. The quantitative estimate of drug-likeness (QED) is 0.700. The lowest BCUT2D eigenvalue weighted by molar-refractivity contribution is 0.0944. The fourth-order valence-corrected chi connectivity index (χ4v) is 2.46. The van der Waals surface area contributed by atoms with Crippen molar-refractivity contribution in [2.45, 2.75) is 26.9 Å². The number of carbonyl (C=O) groups excluding carboxylic acids is 1. The third kappa shape index (κ3) is 3.74. The van der Waals surface area contributed by atoms with E-state index in [1.54, 1.807) is 19.3 Å². The number of aryl methyl sites for hydroxylation is 2. The summed E-state index contributed by atoms with van der Waals surface area (Å²) in [6.45, 7) is 4.65. The Morgan fingerprint density at radius 3 is 2.96 bits per heavy atom. The van der Waals surface area contributed by atoms with Crippen LogP contribution in [-0.2, 0) is 13.7 Å². The summed E-state index contributed by atoms with van der Waals surface area (Å²) >= 11 is 0. The van der Waals surface area contributed by atoms with Gasteiger partial charge in [0.15, 0.2) is 0 Å². The van der Waals surface area contributed by atoms with Gasteiger partial charge in [0, 0.05) is 25.9 Å². The first-order valence-corrected chi connectivity index (χ1v) is 8.41. The highest BCUT2D eigenvalue weighted by Crippen LogP contribution is 2.25. The highest BCUT2D eigenvalue weighted by Gasteiger charge is 2.18. The predicted molar refractivity (Wildman–Crippen MR) is 94.6 cm³/mol. The molecule has 0 aliphatic rings. The number of carbonyl (C=O) groups is 1. The summed E-state index contributed by atoms with van der Waals surface area (Å²) in [5, 5.41) is 11.1. The number of hydrogen-bond donors (Lipinski definition) is 1. The Morgan fingerprint density at radius 2 is 2.23 bits per heavy atom. The number of pyridine rings is 1. The smallest absolute Gasteiger partial charge is 0.269 e. The molecule has 0 radical (unpaired) electrons. The van der Waals surface area contributed by atoms with Gasteiger partial charge in [0.1, 0.15) is 23.8 Å². The van der Waals surface area contributed by atoms with Gasteiger partial charge in [-0.05, 0) is 25.5 Å². The molecule has 0 atom stereocenters. The monoisotopic (exact) mass is 355 g/mol. The molecule has 8 nitrogen and oxygen atoms in total. The normalized spacial score (nSPS) is 10.7. The fourth-order valence-electron chi connectivity index (χ4n) is 2.46. The number of nitrogens with zero attached hydrogens (tertiary/aromatic N) is 4. The molecule has 0 spiro atoms. The molecule has 136 valence electrons. The molecule has 3 aromatic heterocycles. The fraction of sp³-hybridized carbons (Fsp3) is 0.333. The lowest BCUT2D eigenvalue weighted by Gasteiger charge is -2.03. The van der Waals surface area contributed by atoms with Gasteiger partial charge in [-0.1, -0.05) is 18.1 Å². The van der Waals surface area contributed by atoms with E-state index in [0.29, 0.717) is 35.3 Å². The maximum Gasteiger partial charge on any atom is 0.269 e. The van der Waals surface area contributed by atoms with Gasteiger partial charge in [0.2, 0.25) is 5.88 Å². The van der Waals surface area contributed by atoms with E-state index in [0.717, 1.165) is 12.0 Å². The van der Waals surface area contributed by atoms with Crippen LogP contribution in [0.1, 0.15) is 35.2 Å². The van der Waals surface area contributed by atoms with Crippen molar-refractivity contribution in [3.63, 3.8) is 0 Å². The number of ether oxygens (including phenoxy) is 1. The van der Waals surface area contributed by atoms with Crippen LogP contribution >= 0.6 is 0 Å². The second-order valence-electron chi connectivity index (χ2n) is 5.82. The van der Waals surface area contributed by atoms with E-state index in [9.17, 15) is 4.79 Å². The Balaban J connectivity index is 1.74. The molecule has 26 heavy (non-hydrogen) atoms. The molecule has 3 rings (SSSR count). The average molecular weight is 355 g/mol. The van der Waals surface area contributed by atoms with Crippen molar-refractivity contribution in [2.75, 3.05) is 6.54 Å². The molecular formula is C18H21N5O3. The number of rotatable bonds is 7. The summed E-state index contributed by atoms with van der Waals surface area (Å²) in [5.41, 5.74) is 2.59. The maximum atomic E-state index is 12.1. The molecule has 0 aromatic carbocycles. The van der Waals surface area contributed by atoms with E-state index in [2.05, 4.69) is 20.6 Å². The summed E-state index contributed by atoms with van der Waals surface area (Å²) in [4.78, 5) is 16.4. The minimum atomic E-state index is -0.174. The summed E-state index contributed by atoms with van der Waals surface area (Å²) in [6, 6.07) is 7.20. The zero-order chi connectivity index (χ0) is 18.5. The van der Waals surface area contributed by atoms with Crippen molar-refractivity contribution in [3.05, 3.63) is 47.5 Å². The van der Waals surface area contributed by atoms with Crippen LogP contribution in [0.25, 0.3) is 11.4 Å². The summed E-state index contributed by atoms with van der Waals surface area (Å²) in [5.74, 6) is 0.844. The van der Waals surface area contributed by atoms with Crippen LogP contribution in [-0.4, -0.2) is 32.4 Å². The lowest BCUT2D eigenvalue weighted by atomic mass is 10.1. The molecule has 0 unspecified atom stereocenters. The second kappa shape index (κ2) is 7.81. The SMILES string of the molecule is CCCNC(=O)c1cc(OCc2c(-c3ccccn3)noc2C)nn1C. The number of aromatic nitrogens is 4. The topological polar surface area (TPSA) is 95.1 Å². The highest BCUT2D eigenvalue weighted by atomic mass is 16.5. The average Bonchev–Trinajstić information content (AvgIpc) is 3.21. The highest BCUT2D eigenvalue weighted by molar-refractivity contribution is 5.92. The third-order valence-electron chi connectivity index (χ3n) is 3.88. The van der Waals surface area contributed by atoms with Gasteiger partial charge in [-0.25, -0.2) is 0 Å². The Morgan fingerprint density at radius 1 is 1.38 bits per heavy atom. The molecule has 0 saturated carbocycles. The molecule has 3 heterocycles. The van der Waals surface area contributed by atoms with Crippen LogP contribution < -0.4 is 10.1 Å². The zero-order valence-corrected chi connectivity index (χ0v) is 15.0. The zero-order valence-electron chi connectivity index (χ0n) is 15.0. The van der Waals surface area contributed by atoms with Crippen molar-refractivity contribution < 1.29 is 14.1 Å². The van der Waals surface area contributed by atoms with E-state index in [1.807, 2.05) is 32.0 Å². The number of nitrogens with one attached hydrogen (secondary N) is 1. The number of hydrogen-bond acceptors (Lipinski definition) is 6. The Labute approximate surface area is 151 Å². The Kier molecular flexibility index (Phi) is 5.31. The van der Waals surface area contributed by atoms with Crippen molar-refractivity contribution in [1.82, 2.24) is 25.2 Å². The van der Waals surface area contributed by atoms with Gasteiger partial charge in [-0.3, -0.25) is 14.5 Å². The predicted octanol–water partition coefficient (Wildman–Crippen LogP) is 2.50. The van der Waals surface area contributed by atoms with Gasteiger partial charge < -0.3 is 14.6 Å². The van der Waals surface area contributed by atoms with E-state index in [1.165, 1.54) is 4.68 Å². The molecular weight excluding hydrogens is 334 g/mol. The van der Waals surface area contributed by atoms with Gasteiger partial charge in [-0.15, -0.1) is 5.10 Å². The minimum absolute atomic E-state index is 0.174. The first-order valence-electron chi connectivity index (χ1n) is 8.41. The molecule has 8 heteroatoms. The van der Waals surface area contributed by atoms with E-state index >= 15 is 0 Å². The third-order valence-corrected chi connectivity index (χ3v) is 3.88. The van der Waals surface area contributed by atoms with Gasteiger partial charge in [0.25, 0.3) is 5.91 Å². The maximum absolute atomic E-state index is 12.1. The van der Waals surface area contributed by atoms with Crippen LogP contribution in [0.15, 0.2) is 35.0 Å². The Hall–Kier alpha value is -3.16. The summed E-state index contributed by atoms with van der Waals surface area (Å²) in [6.07, 6.45) is 2.57. The first kappa shape index (κ1) is 17.7. The van der Waals surface area contributed by atoms with Crippen molar-refractivity contribution in [2.24, 2.45) is 7.05 Å². The standard InChI is InChI=1S/C18H21N5O3/c1-4-8-20-18(24)15-10-16(21-23(15)3)25-11-13-12(2)26-22-17(13)14-7-5-6-9-19-14/h5-7,9-10H,4,8,11H2,1-3H3,(H,20,24). The lowest BCUT2D eigenvalue weighted by Crippen LogP contribution is -2.26. The van der Waals surface area contributed by atoms with Gasteiger partial charge in [-0.2, -0.15) is 0 Å². The number of amides is 1. The molecule has 1 amide bonds. The minimum Gasteiger partial charge on any atom is -0.471 e. The van der Waals surface area contributed by atoms with Crippen LogP contribution in [0, 0.1) is 6.92 Å². The van der Waals surface area contributed by atoms with Crippen molar-refractivity contribution in [3.8, 4) is 17.3 Å². The summed E-state index contributed by atoms with van der Waals surface area (Å²) < 4.78 is 12.6. The largest absolute Gasteiger partial charge is 0.471 e. The van der Waals surface area contributed by atoms with E-state index in [4.69, 9.17) is 9.26 Å². The molecule has 0 bridgehead atoms.